The van der Waals surface area contributed by atoms with Crippen molar-refractivity contribution in [3.63, 3.8) is 0 Å². The van der Waals surface area contributed by atoms with Gasteiger partial charge < -0.3 is 14.0 Å². The van der Waals surface area contributed by atoms with E-state index < -0.39 is 0 Å². The van der Waals surface area contributed by atoms with Gasteiger partial charge in [-0.15, -0.1) is 0 Å². The molecule has 1 aromatic heterocycles. The van der Waals surface area contributed by atoms with Crippen molar-refractivity contribution in [2.24, 2.45) is 46.3 Å². The van der Waals surface area contributed by atoms with Crippen LogP contribution in [0.25, 0.3) is 0 Å². The second-order valence-electron chi connectivity index (χ2n) is 20.2. The predicted molar refractivity (Wildman–Crippen MR) is 236 cm³/mol. The van der Waals surface area contributed by atoms with Gasteiger partial charge in [-0.3, -0.25) is 9.78 Å². The monoisotopic (exact) mass is 799 g/mol. The first-order chi connectivity index (χ1) is 27.9. The number of hydrogen-bond donors (Lipinski definition) is 1. The molecule has 0 saturated heterocycles. The third-order valence-electron chi connectivity index (χ3n) is 15.9. The minimum absolute atomic E-state index is 0.0340. The molecule has 4 aliphatic carbocycles. The Bertz CT molecular complexity index is 1770. The van der Waals surface area contributed by atoms with Crippen LogP contribution in [0.5, 0.6) is 5.75 Å². The first-order valence-corrected chi connectivity index (χ1v) is 23.8. The zero-order valence-corrected chi connectivity index (χ0v) is 37.3. The highest BCUT2D eigenvalue weighted by atomic mass is 16.5. The molecule has 0 spiro atoms. The number of nitrogens with one attached hydrogen (secondary N) is 1. The minimum atomic E-state index is -0.312. The van der Waals surface area contributed by atoms with Crippen LogP contribution in [0.3, 0.4) is 0 Å². The summed E-state index contributed by atoms with van der Waals surface area (Å²) in [4.78, 5) is 39.1. The van der Waals surface area contributed by atoms with Gasteiger partial charge in [-0.2, -0.15) is 0 Å². The highest BCUT2D eigenvalue weighted by molar-refractivity contribution is 5.89. The smallest absolute Gasteiger partial charge is 0.338 e. The van der Waals surface area contributed by atoms with Gasteiger partial charge in [0, 0.05) is 24.7 Å². The fraction of sp³-hybridized carbons (Fsp3) is 0.745. The zero-order valence-electron chi connectivity index (χ0n) is 37.3. The number of allylic oxidation sites excluding steroid dienone is 1. The number of benzene rings is 1. The first-order valence-electron chi connectivity index (χ1n) is 23.8. The third-order valence-corrected chi connectivity index (χ3v) is 15.9. The topological polar surface area (TPSA) is 90.4 Å². The second kappa shape index (κ2) is 20.4. The number of fused-ring (bicyclic) bond motifs is 5. The maximum atomic E-state index is 13.3. The molecule has 322 valence electrons. The molecule has 8 atom stereocenters. The number of aromatic nitrogens is 2. The molecule has 6 rings (SSSR count). The lowest BCUT2D eigenvalue weighted by molar-refractivity contribution is -0.0594. The van der Waals surface area contributed by atoms with Gasteiger partial charge in [0.2, 0.25) is 0 Å². The van der Waals surface area contributed by atoms with Crippen LogP contribution >= 0.6 is 0 Å². The number of carbonyl (C=O) groups is 1. The van der Waals surface area contributed by atoms with E-state index in [1.54, 1.807) is 23.3 Å². The summed E-state index contributed by atoms with van der Waals surface area (Å²) < 4.78 is 13.8. The van der Waals surface area contributed by atoms with Crippen LogP contribution in [0, 0.1) is 53.3 Å². The molecule has 1 N–H and O–H groups in total. The maximum Gasteiger partial charge on any atom is 0.338 e. The van der Waals surface area contributed by atoms with E-state index in [0.29, 0.717) is 29.7 Å². The van der Waals surface area contributed by atoms with Crippen molar-refractivity contribution in [1.29, 1.82) is 0 Å². The Hall–Kier alpha value is -3.09. The Morgan fingerprint density at radius 3 is 2.22 bits per heavy atom. The largest absolute Gasteiger partial charge is 0.494 e. The van der Waals surface area contributed by atoms with Gasteiger partial charge in [0.25, 0.3) is 5.56 Å². The lowest BCUT2D eigenvalue weighted by atomic mass is 9.47. The molecule has 58 heavy (non-hydrogen) atoms. The fourth-order valence-corrected chi connectivity index (χ4v) is 12.4. The molecule has 3 fully saturated rings. The number of H-pyrrole nitrogens is 1. The molecule has 7 heteroatoms. The average molecular weight is 799 g/mol. The Morgan fingerprint density at radius 1 is 0.828 bits per heavy atom. The van der Waals surface area contributed by atoms with Crippen molar-refractivity contribution in [2.45, 2.75) is 189 Å². The van der Waals surface area contributed by atoms with E-state index in [1.807, 2.05) is 24.3 Å². The van der Waals surface area contributed by atoms with E-state index in [0.717, 1.165) is 86.2 Å². The highest BCUT2D eigenvalue weighted by Gasteiger charge is 2.59. The second-order valence-corrected chi connectivity index (χ2v) is 20.2. The number of unbranched alkanes of at least 4 members (excludes halogenated alkanes) is 9. The Labute approximate surface area is 350 Å². The number of ether oxygens (including phenoxy) is 2. The van der Waals surface area contributed by atoms with Crippen LogP contribution in [0.1, 0.15) is 185 Å². The van der Waals surface area contributed by atoms with Crippen LogP contribution in [0.15, 0.2) is 51.7 Å². The molecular weight excluding hydrogens is 721 g/mol. The summed E-state index contributed by atoms with van der Waals surface area (Å²) in [7, 11) is 0. The molecule has 0 amide bonds. The van der Waals surface area contributed by atoms with Gasteiger partial charge in [-0.1, -0.05) is 117 Å². The van der Waals surface area contributed by atoms with Gasteiger partial charge in [0.05, 0.1) is 12.2 Å². The number of carbonyl (C=O) groups excluding carboxylic acids is 1. The molecule has 0 unspecified atom stereocenters. The van der Waals surface area contributed by atoms with Gasteiger partial charge >= 0.3 is 11.7 Å². The summed E-state index contributed by atoms with van der Waals surface area (Å²) >= 11 is 0. The lowest BCUT2D eigenvalue weighted by Gasteiger charge is -2.58. The summed E-state index contributed by atoms with van der Waals surface area (Å²) in [6.07, 6.45) is 29.9. The molecule has 0 radical (unpaired) electrons. The molecule has 0 bridgehead atoms. The highest BCUT2D eigenvalue weighted by Crippen LogP contribution is 2.67. The number of hydrogen-bond acceptors (Lipinski definition) is 5. The Morgan fingerprint density at radius 2 is 1.52 bits per heavy atom. The number of aromatic amines is 1. The average Bonchev–Trinajstić information content (AvgIpc) is 3.56. The molecule has 0 aliphatic heterocycles. The summed E-state index contributed by atoms with van der Waals surface area (Å²) in [5, 5.41) is 0. The molecule has 2 aromatic rings. The molecule has 3 saturated carbocycles. The van der Waals surface area contributed by atoms with E-state index >= 15 is 0 Å². The SMILES string of the molecule is Cc1cn(CCCCCCCCCCCCOc2ccc(C(=O)O[C@H]3CC[C@@]4(C)C(=CC[C@H]5[C@@H]6CC[C@H]([C@H](C)CCCC(C)C)[C@@]6(C)CC[C@@H]54)C3)cc2)c(=O)[nH]c1=O. The lowest BCUT2D eigenvalue weighted by Crippen LogP contribution is -2.51. The van der Waals surface area contributed by atoms with E-state index in [1.165, 1.54) is 89.9 Å². The van der Waals surface area contributed by atoms with Gasteiger partial charge in [-0.05, 0) is 135 Å². The van der Waals surface area contributed by atoms with Crippen LogP contribution < -0.4 is 16.0 Å². The Kier molecular flexibility index (Phi) is 15.7. The van der Waals surface area contributed by atoms with E-state index in [9.17, 15) is 14.4 Å². The van der Waals surface area contributed by atoms with Gasteiger partial charge in [0.15, 0.2) is 0 Å². The minimum Gasteiger partial charge on any atom is -0.494 e. The summed E-state index contributed by atoms with van der Waals surface area (Å²) in [6, 6.07) is 7.54. The van der Waals surface area contributed by atoms with Crippen molar-refractivity contribution in [1.82, 2.24) is 9.55 Å². The number of aryl methyl sites for hydroxylation is 2. The Balaban J connectivity index is 0.842. The quantitative estimate of drug-likeness (QED) is 0.0771. The molecule has 7 nitrogen and oxygen atoms in total. The standard InChI is InChI=1S/C51H78N2O5/c1-36(2)18-17-19-37(3)44-26-27-45-43-25-22-40-34-42(28-30-50(40,5)46(43)29-31-51(44,45)6)58-48(55)39-20-23-41(24-21-39)57-33-16-14-12-10-8-7-9-11-13-15-32-53-35-38(4)47(54)52-49(53)56/h20-24,35-37,42-46H,7-19,25-34H2,1-6H3,(H,52,54,56)/t37-,42+,43+,44-,45+,46+,50+,51-/m1/s1. The van der Waals surface area contributed by atoms with Crippen LogP contribution in [-0.4, -0.2) is 28.2 Å². The molecule has 4 aliphatic rings. The van der Waals surface area contributed by atoms with Crippen LogP contribution in [-0.2, 0) is 11.3 Å². The number of nitrogens with zero attached hydrogens (tertiary/aromatic N) is 1. The molecular formula is C51H78N2O5. The van der Waals surface area contributed by atoms with Crippen molar-refractivity contribution in [3.8, 4) is 5.75 Å². The van der Waals surface area contributed by atoms with Gasteiger partial charge in [-0.25, -0.2) is 9.59 Å². The zero-order chi connectivity index (χ0) is 41.3. The van der Waals surface area contributed by atoms with Crippen molar-refractivity contribution in [2.75, 3.05) is 6.61 Å². The summed E-state index contributed by atoms with van der Waals surface area (Å²) in [6.45, 7) is 15.6. The van der Waals surface area contributed by atoms with Crippen LogP contribution in [0.2, 0.25) is 0 Å². The van der Waals surface area contributed by atoms with Crippen molar-refractivity contribution >= 4 is 5.97 Å². The van der Waals surface area contributed by atoms with E-state index in [-0.39, 0.29) is 28.7 Å². The van der Waals surface area contributed by atoms with Crippen LogP contribution in [0.4, 0.5) is 0 Å². The van der Waals surface area contributed by atoms with Crippen molar-refractivity contribution < 1.29 is 14.3 Å². The summed E-state index contributed by atoms with van der Waals surface area (Å²) in [5.74, 6) is 5.62. The fourth-order valence-electron chi connectivity index (χ4n) is 12.4. The van der Waals surface area contributed by atoms with E-state index in [4.69, 9.17) is 9.47 Å². The number of rotatable bonds is 21. The van der Waals surface area contributed by atoms with Crippen molar-refractivity contribution in [3.05, 3.63) is 74.1 Å². The summed E-state index contributed by atoms with van der Waals surface area (Å²) in [5.41, 5.74) is 2.92. The predicted octanol–water partition coefficient (Wildman–Crippen LogP) is 12.4. The first kappa shape index (κ1) is 44.5. The van der Waals surface area contributed by atoms with E-state index in [2.05, 4.69) is 45.7 Å². The molecule has 1 aromatic carbocycles. The third kappa shape index (κ3) is 10.8. The molecule has 1 heterocycles. The maximum absolute atomic E-state index is 13.3. The van der Waals surface area contributed by atoms with Gasteiger partial charge in [0.1, 0.15) is 11.9 Å². The number of esters is 1. The normalized spacial score (nSPS) is 28.3.